The van der Waals surface area contributed by atoms with Crippen LogP contribution in [0.4, 0.5) is 8.78 Å². The van der Waals surface area contributed by atoms with Crippen LogP contribution >= 0.6 is 15.9 Å². The molecule has 100 valence electrons. The smallest absolute Gasteiger partial charge is 0.187 e. The summed E-state index contributed by atoms with van der Waals surface area (Å²) in [5.74, 6) is -2.98. The van der Waals surface area contributed by atoms with E-state index in [1.165, 1.54) is 24.3 Å². The zero-order chi connectivity index (χ0) is 14.7. The van der Waals surface area contributed by atoms with Gasteiger partial charge in [0.05, 0.1) is 11.6 Å². The summed E-state index contributed by atoms with van der Waals surface area (Å²) < 4.78 is 27.1. The zero-order valence-electron chi connectivity index (χ0n) is 10.1. The van der Waals surface area contributed by atoms with Crippen LogP contribution in [0.15, 0.2) is 46.9 Å². The topological polar surface area (TPSA) is 40.9 Å². The van der Waals surface area contributed by atoms with E-state index in [9.17, 15) is 13.6 Å². The van der Waals surface area contributed by atoms with Crippen LogP contribution in [0.5, 0.6) is 0 Å². The molecule has 0 aliphatic carbocycles. The van der Waals surface area contributed by atoms with Gasteiger partial charge in [0.2, 0.25) is 0 Å². The third kappa shape index (κ3) is 2.91. The van der Waals surface area contributed by atoms with Gasteiger partial charge in [-0.25, -0.2) is 8.78 Å². The van der Waals surface area contributed by atoms with Crippen molar-refractivity contribution in [2.45, 2.75) is 5.92 Å². The molecule has 0 aliphatic rings. The molecule has 0 spiro atoms. The molecule has 2 rings (SSSR count). The van der Waals surface area contributed by atoms with Gasteiger partial charge in [-0.15, -0.1) is 0 Å². The molecule has 0 heterocycles. The van der Waals surface area contributed by atoms with E-state index in [1.807, 2.05) is 6.07 Å². The largest absolute Gasteiger partial charge is 0.292 e. The number of nitrogens with zero attached hydrogens (tertiary/aromatic N) is 1. The summed E-state index contributed by atoms with van der Waals surface area (Å²) in [6.07, 6.45) is 0. The van der Waals surface area contributed by atoms with Gasteiger partial charge in [-0.3, -0.25) is 4.79 Å². The molecule has 5 heteroatoms. The Bertz CT molecular complexity index is 692. The minimum absolute atomic E-state index is 0.163. The Kier molecular flexibility index (Phi) is 4.26. The second-order valence-corrected chi connectivity index (χ2v) is 5.02. The summed E-state index contributed by atoms with van der Waals surface area (Å²) >= 11 is 3.09. The van der Waals surface area contributed by atoms with Crippen LogP contribution in [-0.4, -0.2) is 5.78 Å². The maximum Gasteiger partial charge on any atom is 0.187 e. The van der Waals surface area contributed by atoms with Gasteiger partial charge in [0.25, 0.3) is 0 Å². The first-order chi connectivity index (χ1) is 9.52. The Hall–Kier alpha value is -2.06. The number of Topliss-reactive ketones (excluding diaryl/α,β-unsaturated/α-hetero) is 1. The predicted molar refractivity (Wildman–Crippen MR) is 73.2 cm³/mol. The number of halogens is 3. The number of benzene rings is 2. The standard InChI is InChI=1S/C15H8BrF2NO/c16-10-3-6-12(14(18)7-10)15(20)13(8-19)9-1-4-11(17)5-2-9/h1-7,13H. The number of carbonyl (C=O) groups is 1. The van der Waals surface area contributed by atoms with Crippen molar-refractivity contribution < 1.29 is 13.6 Å². The molecule has 0 fully saturated rings. The molecule has 2 aromatic rings. The molecular formula is C15H8BrF2NO. The molecule has 2 nitrogen and oxygen atoms in total. The lowest BCUT2D eigenvalue weighted by Gasteiger charge is -2.09. The minimum Gasteiger partial charge on any atom is -0.292 e. The van der Waals surface area contributed by atoms with Gasteiger partial charge < -0.3 is 0 Å². The van der Waals surface area contributed by atoms with Crippen molar-refractivity contribution in [2.24, 2.45) is 0 Å². The zero-order valence-corrected chi connectivity index (χ0v) is 11.7. The third-order valence-corrected chi connectivity index (χ3v) is 3.28. The first-order valence-corrected chi connectivity index (χ1v) is 6.46. The average Bonchev–Trinajstić information content (AvgIpc) is 2.41. The fourth-order valence-corrected chi connectivity index (χ4v) is 2.12. The van der Waals surface area contributed by atoms with E-state index in [1.54, 1.807) is 0 Å². The van der Waals surface area contributed by atoms with Gasteiger partial charge in [-0.05, 0) is 35.9 Å². The van der Waals surface area contributed by atoms with E-state index in [-0.39, 0.29) is 5.56 Å². The Labute approximate surface area is 122 Å². The van der Waals surface area contributed by atoms with Gasteiger partial charge in [-0.1, -0.05) is 28.1 Å². The van der Waals surface area contributed by atoms with E-state index in [2.05, 4.69) is 15.9 Å². The summed E-state index contributed by atoms with van der Waals surface area (Å²) in [7, 11) is 0. The van der Waals surface area contributed by atoms with Crippen molar-refractivity contribution in [3.05, 3.63) is 69.7 Å². The van der Waals surface area contributed by atoms with Crippen LogP contribution in [0.1, 0.15) is 21.8 Å². The van der Waals surface area contributed by atoms with Crippen LogP contribution in [0.25, 0.3) is 0 Å². The molecule has 0 aromatic heterocycles. The van der Waals surface area contributed by atoms with E-state index in [0.29, 0.717) is 10.0 Å². The lowest BCUT2D eigenvalue weighted by Crippen LogP contribution is -2.13. The highest BCUT2D eigenvalue weighted by Gasteiger charge is 2.24. The van der Waals surface area contributed by atoms with Crippen molar-refractivity contribution in [2.75, 3.05) is 0 Å². The second-order valence-electron chi connectivity index (χ2n) is 4.10. The first-order valence-electron chi connectivity index (χ1n) is 5.67. The highest BCUT2D eigenvalue weighted by atomic mass is 79.9. The number of ketones is 1. The third-order valence-electron chi connectivity index (χ3n) is 2.79. The first kappa shape index (κ1) is 14.4. The molecule has 0 bridgehead atoms. The van der Waals surface area contributed by atoms with E-state index in [0.717, 1.165) is 18.2 Å². The number of nitriles is 1. The van der Waals surface area contributed by atoms with Crippen LogP contribution in [-0.2, 0) is 0 Å². The van der Waals surface area contributed by atoms with Crippen LogP contribution < -0.4 is 0 Å². The molecular weight excluding hydrogens is 328 g/mol. The molecule has 0 radical (unpaired) electrons. The van der Waals surface area contributed by atoms with E-state index >= 15 is 0 Å². The van der Waals surface area contributed by atoms with Crippen LogP contribution in [0.2, 0.25) is 0 Å². The van der Waals surface area contributed by atoms with Gasteiger partial charge in [0.15, 0.2) is 5.78 Å². The van der Waals surface area contributed by atoms with E-state index in [4.69, 9.17) is 5.26 Å². The molecule has 0 saturated heterocycles. The molecule has 0 aliphatic heterocycles. The van der Waals surface area contributed by atoms with Crippen LogP contribution in [0, 0.1) is 23.0 Å². The highest BCUT2D eigenvalue weighted by Crippen LogP contribution is 2.24. The number of carbonyl (C=O) groups excluding carboxylic acids is 1. The lowest BCUT2D eigenvalue weighted by molar-refractivity contribution is 0.0975. The van der Waals surface area contributed by atoms with Crippen molar-refractivity contribution in [3.63, 3.8) is 0 Å². The number of hydrogen-bond acceptors (Lipinski definition) is 2. The molecule has 20 heavy (non-hydrogen) atoms. The van der Waals surface area contributed by atoms with Gasteiger partial charge >= 0.3 is 0 Å². The fourth-order valence-electron chi connectivity index (χ4n) is 1.78. The summed E-state index contributed by atoms with van der Waals surface area (Å²) in [6, 6.07) is 10.8. The van der Waals surface area contributed by atoms with Crippen LogP contribution in [0.3, 0.4) is 0 Å². The molecule has 1 unspecified atom stereocenters. The van der Waals surface area contributed by atoms with Crippen molar-refractivity contribution in [1.29, 1.82) is 5.26 Å². The van der Waals surface area contributed by atoms with Gasteiger partial charge in [0.1, 0.15) is 17.6 Å². The maximum atomic E-state index is 13.8. The summed E-state index contributed by atoms with van der Waals surface area (Å²) in [5.41, 5.74) is 0.172. The molecule has 2 aromatic carbocycles. The van der Waals surface area contributed by atoms with Crippen molar-refractivity contribution in [3.8, 4) is 6.07 Å². The summed E-state index contributed by atoms with van der Waals surface area (Å²) in [4.78, 5) is 12.2. The van der Waals surface area contributed by atoms with Crippen molar-refractivity contribution in [1.82, 2.24) is 0 Å². The normalized spacial score (nSPS) is 11.7. The summed E-state index contributed by atoms with van der Waals surface area (Å²) in [5, 5.41) is 9.13. The quantitative estimate of drug-likeness (QED) is 0.788. The molecule has 0 saturated carbocycles. The maximum absolute atomic E-state index is 13.8. The minimum atomic E-state index is -1.16. The number of hydrogen-bond donors (Lipinski definition) is 0. The van der Waals surface area contributed by atoms with E-state index < -0.39 is 23.3 Å². The molecule has 1 atom stereocenters. The van der Waals surface area contributed by atoms with Crippen molar-refractivity contribution >= 4 is 21.7 Å². The van der Waals surface area contributed by atoms with Gasteiger partial charge in [-0.2, -0.15) is 5.26 Å². The Morgan fingerprint density at radius 2 is 1.80 bits per heavy atom. The number of rotatable bonds is 3. The Morgan fingerprint density at radius 1 is 1.15 bits per heavy atom. The summed E-state index contributed by atoms with van der Waals surface area (Å²) in [6.45, 7) is 0. The highest BCUT2D eigenvalue weighted by molar-refractivity contribution is 9.10. The van der Waals surface area contributed by atoms with Gasteiger partial charge in [0, 0.05) is 4.47 Å². The molecule has 0 N–H and O–H groups in total. The SMILES string of the molecule is N#CC(C(=O)c1ccc(Br)cc1F)c1ccc(F)cc1. The molecule has 0 amide bonds. The second kappa shape index (κ2) is 5.93. The average molecular weight is 336 g/mol. The fraction of sp³-hybridized carbons (Fsp3) is 0.0667. The monoisotopic (exact) mass is 335 g/mol. The predicted octanol–water partition coefficient (Wildman–Crippen LogP) is 4.22. The Balaban J connectivity index is 2.39. The lowest BCUT2D eigenvalue weighted by atomic mass is 9.91. The Morgan fingerprint density at radius 3 is 2.35 bits per heavy atom.